The largest absolute Gasteiger partial charge is 0.462 e. The first kappa shape index (κ1) is 23.7. The van der Waals surface area contributed by atoms with Crippen LogP contribution in [0, 0.1) is 29.6 Å². The Labute approximate surface area is 177 Å². The lowest BCUT2D eigenvalue weighted by Gasteiger charge is -2.38. The Morgan fingerprint density at radius 1 is 0.828 bits per heavy atom. The van der Waals surface area contributed by atoms with Gasteiger partial charge in [-0.2, -0.15) is 0 Å². The topological polar surface area (TPSA) is 52.6 Å². The highest BCUT2D eigenvalue weighted by molar-refractivity contribution is 5.81. The number of carbonyl (C=O) groups is 2. The first-order valence-corrected chi connectivity index (χ1v) is 11.6. The van der Waals surface area contributed by atoms with E-state index in [0.29, 0.717) is 5.92 Å². The average molecular weight is 405 g/mol. The molecule has 29 heavy (non-hydrogen) atoms. The molecule has 0 spiro atoms. The maximum Gasteiger partial charge on any atom is 0.330 e. The molecule has 2 rings (SSSR count). The summed E-state index contributed by atoms with van der Waals surface area (Å²) in [5.74, 6) is 2.61. The fraction of sp³-hybridized carbons (Fsp3) is 0.760. The van der Waals surface area contributed by atoms with Crippen molar-refractivity contribution >= 4 is 11.9 Å². The van der Waals surface area contributed by atoms with Crippen LogP contribution in [0.3, 0.4) is 0 Å². The molecule has 2 fully saturated rings. The van der Waals surface area contributed by atoms with E-state index in [2.05, 4.69) is 20.1 Å². The molecule has 0 aromatic heterocycles. The van der Waals surface area contributed by atoms with Gasteiger partial charge in [0.15, 0.2) is 0 Å². The molecule has 0 aromatic rings. The molecular weight excluding hydrogens is 364 g/mol. The molecule has 0 aliphatic heterocycles. The molecule has 2 saturated carbocycles. The van der Waals surface area contributed by atoms with Gasteiger partial charge in [0.1, 0.15) is 0 Å². The van der Waals surface area contributed by atoms with Crippen molar-refractivity contribution in [3.63, 3.8) is 0 Å². The monoisotopic (exact) mass is 404 g/mol. The van der Waals surface area contributed by atoms with Gasteiger partial charge in [-0.15, -0.1) is 0 Å². The molecule has 0 saturated heterocycles. The van der Waals surface area contributed by atoms with Crippen LogP contribution in [0.2, 0.25) is 0 Å². The van der Waals surface area contributed by atoms with E-state index in [-0.39, 0.29) is 19.1 Å². The number of esters is 2. The van der Waals surface area contributed by atoms with Gasteiger partial charge in [-0.1, -0.05) is 58.6 Å². The van der Waals surface area contributed by atoms with Gasteiger partial charge in [0.25, 0.3) is 0 Å². The number of rotatable bonds is 11. The Bertz CT molecular complexity index is 501. The van der Waals surface area contributed by atoms with Crippen molar-refractivity contribution in [1.29, 1.82) is 0 Å². The van der Waals surface area contributed by atoms with Crippen LogP contribution in [0.1, 0.15) is 77.6 Å². The van der Waals surface area contributed by atoms with Crippen molar-refractivity contribution in [3.8, 4) is 0 Å². The molecule has 0 N–H and O–H groups in total. The maximum atomic E-state index is 11.4. The van der Waals surface area contributed by atoms with E-state index in [4.69, 9.17) is 9.47 Å². The highest BCUT2D eigenvalue weighted by Gasteiger charge is 2.31. The second-order valence-electron chi connectivity index (χ2n) is 9.12. The lowest BCUT2D eigenvalue weighted by atomic mass is 9.68. The third-order valence-electron chi connectivity index (χ3n) is 7.07. The maximum absolute atomic E-state index is 11.4. The summed E-state index contributed by atoms with van der Waals surface area (Å²) >= 11 is 0. The van der Waals surface area contributed by atoms with Crippen molar-refractivity contribution in [3.05, 3.63) is 25.3 Å². The summed E-state index contributed by atoms with van der Waals surface area (Å²) in [5, 5.41) is 0. The zero-order valence-electron chi connectivity index (χ0n) is 18.3. The zero-order valence-corrected chi connectivity index (χ0v) is 18.3. The zero-order chi connectivity index (χ0) is 21.1. The smallest absolute Gasteiger partial charge is 0.330 e. The van der Waals surface area contributed by atoms with Crippen LogP contribution in [0.25, 0.3) is 0 Å². The molecule has 4 nitrogen and oxygen atoms in total. The van der Waals surface area contributed by atoms with Crippen molar-refractivity contribution < 1.29 is 19.1 Å². The molecule has 0 heterocycles. The van der Waals surface area contributed by atoms with E-state index in [1.807, 2.05) is 0 Å². The lowest BCUT2D eigenvalue weighted by Crippen LogP contribution is -2.28. The van der Waals surface area contributed by atoms with Crippen molar-refractivity contribution in [2.24, 2.45) is 29.6 Å². The lowest BCUT2D eigenvalue weighted by molar-refractivity contribution is -0.143. The molecule has 0 amide bonds. The number of carbonyl (C=O) groups excluding carboxylic acids is 2. The number of hydrogen-bond donors (Lipinski definition) is 0. The summed E-state index contributed by atoms with van der Waals surface area (Å²) in [6.45, 7) is 9.72. The van der Waals surface area contributed by atoms with Gasteiger partial charge in [-0.25, -0.2) is 9.59 Å². The van der Waals surface area contributed by atoms with E-state index in [1.165, 1.54) is 76.4 Å². The van der Waals surface area contributed by atoms with Crippen molar-refractivity contribution in [2.45, 2.75) is 77.6 Å². The van der Waals surface area contributed by atoms with E-state index < -0.39 is 11.9 Å². The first-order chi connectivity index (χ1) is 14.0. The van der Waals surface area contributed by atoms with E-state index in [9.17, 15) is 9.59 Å². The number of hydrogen-bond acceptors (Lipinski definition) is 4. The first-order valence-electron chi connectivity index (χ1n) is 11.6. The fourth-order valence-corrected chi connectivity index (χ4v) is 5.43. The summed E-state index contributed by atoms with van der Waals surface area (Å²) in [6.07, 6.45) is 16.9. The minimum atomic E-state index is -0.424. The van der Waals surface area contributed by atoms with Crippen LogP contribution in [-0.2, 0) is 19.1 Å². The Morgan fingerprint density at radius 2 is 1.28 bits per heavy atom. The molecule has 0 aromatic carbocycles. The molecule has 0 radical (unpaired) electrons. The van der Waals surface area contributed by atoms with Crippen LogP contribution in [-0.4, -0.2) is 25.2 Å². The minimum Gasteiger partial charge on any atom is -0.462 e. The van der Waals surface area contributed by atoms with E-state index in [0.717, 1.165) is 24.2 Å². The predicted molar refractivity (Wildman–Crippen MR) is 116 cm³/mol. The number of ether oxygens (including phenoxy) is 2. The predicted octanol–water partition coefficient (Wildman–Crippen LogP) is 5.86. The van der Waals surface area contributed by atoms with Gasteiger partial charge in [0, 0.05) is 18.1 Å². The molecule has 4 heteroatoms. The third kappa shape index (κ3) is 8.36. The highest BCUT2D eigenvalue weighted by Crippen LogP contribution is 2.43. The van der Waals surface area contributed by atoms with Gasteiger partial charge in [-0.3, -0.25) is 0 Å². The SMILES string of the molecule is C=CC(=O)OCC(COC(=O)C=C)CC1CCC(C2CCC(CCC)CC2)CC1. The molecule has 2 aliphatic rings. The quantitative estimate of drug-likeness (QED) is 0.319. The molecule has 0 unspecified atom stereocenters. The van der Waals surface area contributed by atoms with Crippen molar-refractivity contribution in [2.75, 3.05) is 13.2 Å². The summed E-state index contributed by atoms with van der Waals surface area (Å²) in [6, 6.07) is 0. The Kier molecular flexibility index (Phi) is 10.5. The molecule has 0 atom stereocenters. The molecule has 2 aliphatic carbocycles. The van der Waals surface area contributed by atoms with Crippen LogP contribution in [0.4, 0.5) is 0 Å². The van der Waals surface area contributed by atoms with E-state index >= 15 is 0 Å². The molecule has 164 valence electrons. The van der Waals surface area contributed by atoms with Crippen molar-refractivity contribution in [1.82, 2.24) is 0 Å². The summed E-state index contributed by atoms with van der Waals surface area (Å²) in [7, 11) is 0. The van der Waals surface area contributed by atoms with Crippen LogP contribution in [0.5, 0.6) is 0 Å². The van der Waals surface area contributed by atoms with Crippen LogP contribution >= 0.6 is 0 Å². The van der Waals surface area contributed by atoms with Gasteiger partial charge in [-0.05, 0) is 55.8 Å². The Morgan fingerprint density at radius 3 is 1.69 bits per heavy atom. The van der Waals surface area contributed by atoms with Crippen LogP contribution < -0.4 is 0 Å². The van der Waals surface area contributed by atoms with Crippen LogP contribution in [0.15, 0.2) is 25.3 Å². The second-order valence-corrected chi connectivity index (χ2v) is 9.12. The van der Waals surface area contributed by atoms with Gasteiger partial charge in [0.05, 0.1) is 13.2 Å². The van der Waals surface area contributed by atoms with Gasteiger partial charge < -0.3 is 9.47 Å². The Hall–Kier alpha value is -1.58. The highest BCUT2D eigenvalue weighted by atomic mass is 16.5. The fourth-order valence-electron chi connectivity index (χ4n) is 5.43. The summed E-state index contributed by atoms with van der Waals surface area (Å²) in [5.41, 5.74) is 0. The second kappa shape index (κ2) is 12.9. The summed E-state index contributed by atoms with van der Waals surface area (Å²) < 4.78 is 10.5. The van der Waals surface area contributed by atoms with Gasteiger partial charge >= 0.3 is 11.9 Å². The molecular formula is C25H40O4. The summed E-state index contributed by atoms with van der Waals surface area (Å²) in [4.78, 5) is 22.8. The average Bonchev–Trinajstić information content (AvgIpc) is 2.76. The molecule has 0 bridgehead atoms. The third-order valence-corrected chi connectivity index (χ3v) is 7.07. The minimum absolute atomic E-state index is 0.0360. The Balaban J connectivity index is 1.76. The van der Waals surface area contributed by atoms with E-state index in [1.54, 1.807) is 0 Å². The standard InChI is InChI=1S/C25H40O4/c1-4-7-19-8-12-22(13-9-19)23-14-10-20(11-15-23)16-21(17-28-24(26)5-2)18-29-25(27)6-3/h5-6,19-23H,2-4,7-18H2,1H3. The normalized spacial score (nSPS) is 27.2. The van der Waals surface area contributed by atoms with Gasteiger partial charge in [0.2, 0.25) is 0 Å².